The van der Waals surface area contributed by atoms with Crippen LogP contribution in [0, 0.1) is 5.92 Å². The van der Waals surface area contributed by atoms with Gasteiger partial charge in [0.15, 0.2) is 11.5 Å². The largest absolute Gasteiger partial charge is 0.504 e. The van der Waals surface area contributed by atoms with Crippen LogP contribution >= 0.6 is 0 Å². The molecule has 2 fully saturated rings. The Morgan fingerprint density at radius 2 is 1.97 bits per heavy atom. The first-order valence-corrected chi connectivity index (χ1v) is 11.4. The molecular weight excluding hydrogens is 376 g/mol. The van der Waals surface area contributed by atoms with Gasteiger partial charge in [-0.05, 0) is 69.0 Å². The molecule has 0 aromatic heterocycles. The summed E-state index contributed by atoms with van der Waals surface area (Å²) in [7, 11) is 2.29. The smallest absolute Gasteiger partial charge is 0.165 e. The first-order chi connectivity index (χ1) is 14.7. The van der Waals surface area contributed by atoms with Crippen LogP contribution in [-0.2, 0) is 11.8 Å². The normalized spacial score (nSPS) is 35.8. The molecule has 2 aromatic rings. The first kappa shape index (κ1) is 17.3. The van der Waals surface area contributed by atoms with Gasteiger partial charge in [-0.15, -0.1) is 0 Å². The predicted octanol–water partition coefficient (Wildman–Crippen LogP) is 3.33. The molecule has 30 heavy (non-hydrogen) atoms. The Morgan fingerprint density at radius 1 is 1.07 bits per heavy atom. The molecule has 5 atom stereocenters. The van der Waals surface area contributed by atoms with Crippen molar-refractivity contribution in [3.63, 3.8) is 0 Å². The predicted molar refractivity (Wildman–Crippen MR) is 115 cm³/mol. The Balaban J connectivity index is 1.40. The van der Waals surface area contributed by atoms with Gasteiger partial charge in [-0.3, -0.25) is 0 Å². The van der Waals surface area contributed by atoms with Gasteiger partial charge in [0.25, 0.3) is 0 Å². The number of phenolic OH excluding ortho intramolecular Hbond substituents is 1. The summed E-state index contributed by atoms with van der Waals surface area (Å²) in [6.45, 7) is 2.70. The number of fused-ring (bicyclic) bond motifs is 1. The van der Waals surface area contributed by atoms with Crippen molar-refractivity contribution in [1.82, 2.24) is 4.90 Å². The van der Waals surface area contributed by atoms with Crippen LogP contribution < -0.4 is 14.4 Å². The summed E-state index contributed by atoms with van der Waals surface area (Å²) < 4.78 is 12.7. The summed E-state index contributed by atoms with van der Waals surface area (Å²) in [5.41, 5.74) is 3.94. The van der Waals surface area contributed by atoms with Crippen LogP contribution in [0.15, 0.2) is 36.4 Å². The maximum absolute atomic E-state index is 10.7. The van der Waals surface area contributed by atoms with E-state index >= 15 is 0 Å². The molecule has 156 valence electrons. The van der Waals surface area contributed by atoms with Crippen molar-refractivity contribution in [1.29, 1.82) is 0 Å². The lowest BCUT2D eigenvalue weighted by molar-refractivity contribution is -0.0529. The zero-order valence-electron chi connectivity index (χ0n) is 17.4. The molecule has 0 radical (unpaired) electrons. The number of anilines is 1. The number of hydrogen-bond acceptors (Lipinski definition) is 5. The van der Waals surface area contributed by atoms with E-state index < -0.39 is 0 Å². The third-order valence-electron chi connectivity index (χ3n) is 8.73. The van der Waals surface area contributed by atoms with E-state index in [1.54, 1.807) is 0 Å². The number of piperidine rings is 1. The molecule has 5 nitrogen and oxygen atoms in total. The Kier molecular flexibility index (Phi) is 3.37. The first-order valence-electron chi connectivity index (χ1n) is 11.4. The summed E-state index contributed by atoms with van der Waals surface area (Å²) in [6.07, 6.45) is 4.61. The van der Waals surface area contributed by atoms with Crippen molar-refractivity contribution in [3.8, 4) is 17.2 Å². The van der Waals surface area contributed by atoms with Crippen molar-refractivity contribution in [2.75, 3.05) is 31.6 Å². The van der Waals surface area contributed by atoms with Gasteiger partial charge >= 0.3 is 0 Å². The van der Waals surface area contributed by atoms with Crippen molar-refractivity contribution in [2.45, 2.75) is 49.3 Å². The van der Waals surface area contributed by atoms with Crippen molar-refractivity contribution in [3.05, 3.63) is 47.5 Å². The van der Waals surface area contributed by atoms with Crippen LogP contribution in [0.5, 0.6) is 17.2 Å². The van der Waals surface area contributed by atoms with Gasteiger partial charge in [-0.2, -0.15) is 0 Å². The van der Waals surface area contributed by atoms with Gasteiger partial charge in [0, 0.05) is 17.0 Å². The number of ether oxygens (including phenoxy) is 2. The lowest BCUT2D eigenvalue weighted by Gasteiger charge is -2.60. The van der Waals surface area contributed by atoms with Crippen molar-refractivity contribution >= 4 is 5.69 Å². The second kappa shape index (κ2) is 5.85. The average molecular weight is 405 g/mol. The molecule has 2 aliphatic carbocycles. The van der Waals surface area contributed by atoms with Crippen LogP contribution in [0.25, 0.3) is 0 Å². The molecule has 3 heterocycles. The summed E-state index contributed by atoms with van der Waals surface area (Å²) in [6, 6.07) is 13.3. The summed E-state index contributed by atoms with van der Waals surface area (Å²) in [4.78, 5) is 5.12. The van der Waals surface area contributed by atoms with Crippen LogP contribution in [0.4, 0.5) is 5.69 Å². The summed E-state index contributed by atoms with van der Waals surface area (Å²) in [5.74, 6) is 2.67. The Labute approximate surface area is 177 Å². The Morgan fingerprint density at radius 3 is 2.90 bits per heavy atom. The maximum atomic E-state index is 10.7. The minimum Gasteiger partial charge on any atom is -0.504 e. The molecule has 1 saturated carbocycles. The summed E-state index contributed by atoms with van der Waals surface area (Å²) >= 11 is 0. The number of likely N-dealkylation sites (tertiary alicyclic amines) is 1. The second-order valence-corrected chi connectivity index (χ2v) is 9.79. The molecule has 2 aromatic carbocycles. The topological polar surface area (TPSA) is 45.2 Å². The van der Waals surface area contributed by atoms with Crippen molar-refractivity contribution < 1.29 is 14.6 Å². The van der Waals surface area contributed by atoms with Crippen LogP contribution in [0.1, 0.15) is 30.4 Å². The number of nitrogens with zero attached hydrogens (tertiary/aromatic N) is 2. The number of aromatic hydroxyl groups is 1. The quantitative estimate of drug-likeness (QED) is 0.790. The maximum Gasteiger partial charge on any atom is 0.165 e. The van der Waals surface area contributed by atoms with Crippen LogP contribution in [-0.4, -0.2) is 54.9 Å². The second-order valence-electron chi connectivity index (χ2n) is 9.79. The van der Waals surface area contributed by atoms with Crippen LogP contribution in [0.3, 0.4) is 0 Å². The monoisotopic (exact) mass is 404 g/mol. The minimum absolute atomic E-state index is 0.0228. The fourth-order valence-electron chi connectivity index (χ4n) is 7.56. The Bertz CT molecular complexity index is 1040. The van der Waals surface area contributed by atoms with E-state index in [2.05, 4.69) is 41.1 Å². The average Bonchev–Trinajstić information content (AvgIpc) is 3.13. The number of benzene rings is 2. The number of rotatable bonds is 1. The highest BCUT2D eigenvalue weighted by atomic mass is 16.5. The van der Waals surface area contributed by atoms with Gasteiger partial charge in [-0.25, -0.2) is 0 Å². The number of hydrogen-bond donors (Lipinski definition) is 1. The molecule has 1 N–H and O–H groups in total. The third-order valence-corrected chi connectivity index (χ3v) is 8.73. The molecule has 7 rings (SSSR count). The molecule has 2 bridgehead atoms. The molecule has 3 aliphatic heterocycles. The van der Waals surface area contributed by atoms with Gasteiger partial charge in [0.05, 0.1) is 18.3 Å². The van der Waals surface area contributed by atoms with Crippen LogP contribution in [0.2, 0.25) is 0 Å². The highest BCUT2D eigenvalue weighted by Crippen LogP contribution is 2.64. The Hall–Kier alpha value is -2.40. The third kappa shape index (κ3) is 1.97. The highest BCUT2D eigenvalue weighted by molar-refractivity contribution is 5.64. The molecule has 0 amide bonds. The van der Waals surface area contributed by atoms with E-state index in [9.17, 15) is 5.11 Å². The van der Waals surface area contributed by atoms with Gasteiger partial charge in [0.2, 0.25) is 0 Å². The molecule has 5 aliphatic rings. The standard InChI is InChI=1S/C25H28N2O3/c1-26-11-10-25-16-7-8-18(27-12-13-29-21-5-3-2-4-17(21)27)24(25)30-23-20(28)9-6-15(22(23)25)14-19(16)26/h2-6,9,16,18-19,24,28H,7-8,10-14H2,1H3/t16-,18+,19+,24-,25-/m0/s1. The van der Waals surface area contributed by atoms with Gasteiger partial charge in [0.1, 0.15) is 18.5 Å². The zero-order valence-corrected chi connectivity index (χ0v) is 17.4. The lowest BCUT2D eigenvalue weighted by atomic mass is 9.51. The molecule has 1 spiro atoms. The van der Waals surface area contributed by atoms with E-state index in [0.717, 1.165) is 43.9 Å². The molecular formula is C25H28N2O3. The number of para-hydroxylation sites is 2. The fraction of sp³-hybridized carbons (Fsp3) is 0.520. The fourth-order valence-corrected chi connectivity index (χ4v) is 7.56. The minimum atomic E-state index is 0.0228. The molecule has 1 saturated heterocycles. The highest BCUT2D eigenvalue weighted by Gasteiger charge is 2.66. The molecule has 5 heteroatoms. The van der Waals surface area contributed by atoms with E-state index in [0.29, 0.717) is 30.4 Å². The number of likely N-dealkylation sites (N-methyl/N-ethyl adjacent to an activating group) is 1. The SMILES string of the molecule is CN1CC[C@]23c4c5ccc(O)c4O[C@H]2[C@H](N2CCOc4ccccc42)CC[C@H]3[C@H]1C5. The molecule has 0 unspecified atom stereocenters. The van der Waals surface area contributed by atoms with E-state index in [-0.39, 0.29) is 11.5 Å². The zero-order chi connectivity index (χ0) is 20.0. The van der Waals surface area contributed by atoms with Gasteiger partial charge < -0.3 is 24.4 Å². The summed E-state index contributed by atoms with van der Waals surface area (Å²) in [5, 5.41) is 10.7. The number of phenols is 1. The van der Waals surface area contributed by atoms with E-state index in [1.807, 2.05) is 12.1 Å². The van der Waals surface area contributed by atoms with E-state index in [4.69, 9.17) is 9.47 Å². The van der Waals surface area contributed by atoms with Crippen molar-refractivity contribution in [2.24, 2.45) is 5.92 Å². The lowest BCUT2D eigenvalue weighted by Crippen LogP contribution is -2.68. The van der Waals surface area contributed by atoms with Gasteiger partial charge in [-0.1, -0.05) is 18.2 Å². The van der Waals surface area contributed by atoms with E-state index in [1.165, 1.54) is 23.2 Å².